The Bertz CT molecular complexity index is 702. The lowest BCUT2D eigenvalue weighted by Crippen LogP contribution is -2.62. The highest BCUT2D eigenvalue weighted by Crippen LogP contribution is 2.20. The number of primary amides is 1. The summed E-state index contributed by atoms with van der Waals surface area (Å²) in [6, 6.07) is 5.17. The number of likely N-dealkylation sites (tertiary alicyclic amines) is 1. The van der Waals surface area contributed by atoms with E-state index in [-0.39, 0.29) is 13.2 Å². The number of aliphatic hydroxyl groups is 4. The lowest BCUT2D eigenvalue weighted by Gasteiger charge is -2.43. The van der Waals surface area contributed by atoms with Gasteiger partial charge in [-0.25, -0.2) is 0 Å². The Balaban J connectivity index is 1.72. The number of anilines is 1. The molecule has 0 spiro atoms. The van der Waals surface area contributed by atoms with Gasteiger partial charge in [-0.1, -0.05) is 18.9 Å². The summed E-state index contributed by atoms with van der Waals surface area (Å²) in [5.74, 6) is -0.447. The van der Waals surface area contributed by atoms with Crippen LogP contribution in [0.25, 0.3) is 0 Å². The zero-order valence-corrected chi connectivity index (χ0v) is 18.6. The topological polar surface area (TPSA) is 143 Å². The summed E-state index contributed by atoms with van der Waals surface area (Å²) in [6.07, 6.45) is 0.329. The van der Waals surface area contributed by atoms with Crippen LogP contribution in [0, 0.1) is 0 Å². The summed E-state index contributed by atoms with van der Waals surface area (Å²) in [5.41, 5.74) is 7.82. The summed E-state index contributed by atoms with van der Waals surface area (Å²) in [6.45, 7) is 2.08. The average Bonchev–Trinajstić information content (AvgIpc) is 2.71. The van der Waals surface area contributed by atoms with Crippen LogP contribution in [-0.2, 0) is 6.54 Å². The summed E-state index contributed by atoms with van der Waals surface area (Å²) < 4.78 is 0. The Kier molecular flexibility index (Phi) is 10.1. The SMILES string of the molecule is CN(C)Cc1ccc(NCCCCCCN2C[C@H](O)[C@@H](O)[C@H](O)[C@H]2CO)c(C(N)=O)c1. The number of β-amino-alcohol motifs (C(OH)–C–C–N with tert-alkyl or cyclic N) is 1. The Morgan fingerprint density at radius 1 is 1.16 bits per heavy atom. The van der Waals surface area contributed by atoms with E-state index in [9.17, 15) is 25.2 Å². The number of nitrogens with two attached hydrogens (primary N) is 1. The number of benzene rings is 1. The predicted octanol–water partition coefficient (Wildman–Crippen LogP) is -0.421. The Hall–Kier alpha value is -1.75. The van der Waals surface area contributed by atoms with Crippen molar-refractivity contribution in [3.8, 4) is 0 Å². The maximum Gasteiger partial charge on any atom is 0.250 e. The van der Waals surface area contributed by atoms with E-state index in [2.05, 4.69) is 5.32 Å². The monoisotopic (exact) mass is 438 g/mol. The normalized spacial score (nSPS) is 24.5. The van der Waals surface area contributed by atoms with Crippen molar-refractivity contribution < 1.29 is 25.2 Å². The molecule has 1 fully saturated rings. The third-order valence-corrected chi connectivity index (χ3v) is 5.75. The minimum Gasteiger partial charge on any atom is -0.395 e. The number of amides is 1. The lowest BCUT2D eigenvalue weighted by molar-refractivity contribution is -0.145. The van der Waals surface area contributed by atoms with Crippen LogP contribution in [-0.4, -0.2) is 101 Å². The smallest absolute Gasteiger partial charge is 0.250 e. The van der Waals surface area contributed by atoms with Crippen molar-refractivity contribution in [2.45, 2.75) is 56.6 Å². The second-order valence-electron chi connectivity index (χ2n) is 8.62. The summed E-state index contributed by atoms with van der Waals surface area (Å²) in [5, 5.41) is 42.4. The van der Waals surface area contributed by atoms with Gasteiger partial charge in [-0.3, -0.25) is 9.69 Å². The van der Waals surface area contributed by atoms with E-state index in [1.807, 2.05) is 42.1 Å². The van der Waals surface area contributed by atoms with Crippen LogP contribution in [0.3, 0.4) is 0 Å². The highest BCUT2D eigenvalue weighted by atomic mass is 16.4. The van der Waals surface area contributed by atoms with Crippen molar-refractivity contribution in [2.75, 3.05) is 45.7 Å². The van der Waals surface area contributed by atoms with Crippen LogP contribution in [0.5, 0.6) is 0 Å². The van der Waals surface area contributed by atoms with Gasteiger partial charge in [0, 0.05) is 25.3 Å². The van der Waals surface area contributed by atoms with Gasteiger partial charge in [-0.15, -0.1) is 0 Å². The van der Waals surface area contributed by atoms with Crippen molar-refractivity contribution in [2.24, 2.45) is 5.73 Å². The number of hydrogen-bond acceptors (Lipinski definition) is 8. The molecular weight excluding hydrogens is 400 g/mol. The second kappa shape index (κ2) is 12.3. The zero-order valence-electron chi connectivity index (χ0n) is 18.6. The van der Waals surface area contributed by atoms with E-state index < -0.39 is 30.3 Å². The third kappa shape index (κ3) is 7.41. The number of carbonyl (C=O) groups is 1. The molecule has 1 aliphatic rings. The average molecular weight is 439 g/mol. The van der Waals surface area contributed by atoms with Gasteiger partial charge < -0.3 is 36.4 Å². The quantitative estimate of drug-likeness (QED) is 0.242. The molecule has 1 saturated heterocycles. The zero-order chi connectivity index (χ0) is 23.0. The standard InChI is InChI=1S/C22H38N4O5/c1-25(2)12-15-7-8-17(16(11-15)22(23)31)24-9-5-3-4-6-10-26-13-19(28)21(30)20(29)18(26)14-27/h7-8,11,18-21,24,27-30H,3-6,9-10,12-14H2,1-2H3,(H2,23,31)/t18-,19+,20-,21-/m1/s1. The molecule has 31 heavy (non-hydrogen) atoms. The van der Waals surface area contributed by atoms with E-state index in [0.717, 1.165) is 50.0 Å². The molecular formula is C22H38N4O5. The lowest BCUT2D eigenvalue weighted by atomic mass is 9.94. The van der Waals surface area contributed by atoms with Crippen molar-refractivity contribution >= 4 is 11.6 Å². The summed E-state index contributed by atoms with van der Waals surface area (Å²) in [4.78, 5) is 15.7. The van der Waals surface area contributed by atoms with Gasteiger partial charge in [-0.05, 0) is 51.2 Å². The molecule has 1 heterocycles. The van der Waals surface area contributed by atoms with E-state index in [4.69, 9.17) is 5.73 Å². The van der Waals surface area contributed by atoms with Crippen LogP contribution < -0.4 is 11.1 Å². The third-order valence-electron chi connectivity index (χ3n) is 5.75. The van der Waals surface area contributed by atoms with Gasteiger partial charge >= 0.3 is 0 Å². The first kappa shape index (κ1) is 25.5. The van der Waals surface area contributed by atoms with Gasteiger partial charge in [-0.2, -0.15) is 0 Å². The molecule has 4 atom stereocenters. The molecule has 1 amide bonds. The fourth-order valence-corrected chi connectivity index (χ4v) is 4.06. The molecule has 0 aliphatic carbocycles. The number of unbranched alkanes of at least 4 members (excludes halogenated alkanes) is 3. The van der Waals surface area contributed by atoms with E-state index in [1.54, 1.807) is 0 Å². The fraction of sp³-hybridized carbons (Fsp3) is 0.682. The number of hydrogen-bond donors (Lipinski definition) is 6. The fourth-order valence-electron chi connectivity index (χ4n) is 4.06. The molecule has 176 valence electrons. The minimum atomic E-state index is -1.22. The van der Waals surface area contributed by atoms with Crippen molar-refractivity contribution in [3.63, 3.8) is 0 Å². The molecule has 1 aliphatic heterocycles. The van der Waals surface area contributed by atoms with Crippen LogP contribution in [0.4, 0.5) is 5.69 Å². The van der Waals surface area contributed by atoms with Crippen molar-refractivity contribution in [1.29, 1.82) is 0 Å². The number of nitrogens with zero attached hydrogens (tertiary/aromatic N) is 2. The molecule has 2 rings (SSSR count). The van der Waals surface area contributed by atoms with Gasteiger partial charge in [0.2, 0.25) is 0 Å². The molecule has 0 bridgehead atoms. The molecule has 0 aromatic heterocycles. The van der Waals surface area contributed by atoms with Crippen molar-refractivity contribution in [1.82, 2.24) is 9.80 Å². The van der Waals surface area contributed by atoms with Gasteiger partial charge in [0.05, 0.1) is 24.3 Å². The van der Waals surface area contributed by atoms with Crippen LogP contribution in [0.1, 0.15) is 41.6 Å². The van der Waals surface area contributed by atoms with Gasteiger partial charge in [0.25, 0.3) is 5.91 Å². The Labute approximate surface area is 184 Å². The number of aliphatic hydroxyl groups excluding tert-OH is 4. The molecule has 7 N–H and O–H groups in total. The molecule has 0 saturated carbocycles. The van der Waals surface area contributed by atoms with Gasteiger partial charge in [0.15, 0.2) is 0 Å². The molecule has 1 aromatic carbocycles. The first-order valence-corrected chi connectivity index (χ1v) is 10.9. The first-order valence-electron chi connectivity index (χ1n) is 10.9. The number of piperidine rings is 1. The molecule has 9 heteroatoms. The highest BCUT2D eigenvalue weighted by molar-refractivity contribution is 5.98. The first-order chi connectivity index (χ1) is 14.7. The van der Waals surface area contributed by atoms with Crippen molar-refractivity contribution in [3.05, 3.63) is 29.3 Å². The summed E-state index contributed by atoms with van der Waals surface area (Å²) in [7, 11) is 3.94. The number of carbonyl (C=O) groups excluding carboxylic acids is 1. The molecule has 1 aromatic rings. The van der Waals surface area contributed by atoms with Crippen LogP contribution >= 0.6 is 0 Å². The van der Waals surface area contributed by atoms with E-state index >= 15 is 0 Å². The van der Waals surface area contributed by atoms with Crippen LogP contribution in [0.2, 0.25) is 0 Å². The number of nitrogens with one attached hydrogen (secondary N) is 1. The maximum absolute atomic E-state index is 11.8. The Morgan fingerprint density at radius 3 is 2.52 bits per heavy atom. The van der Waals surface area contributed by atoms with Crippen LogP contribution in [0.15, 0.2) is 18.2 Å². The predicted molar refractivity (Wildman–Crippen MR) is 120 cm³/mol. The van der Waals surface area contributed by atoms with Gasteiger partial charge in [0.1, 0.15) is 12.2 Å². The maximum atomic E-state index is 11.8. The van der Waals surface area contributed by atoms with E-state index in [0.29, 0.717) is 12.1 Å². The largest absolute Gasteiger partial charge is 0.395 e. The molecule has 9 nitrogen and oxygen atoms in total. The van der Waals surface area contributed by atoms with E-state index in [1.165, 1.54) is 0 Å². The minimum absolute atomic E-state index is 0.241. The highest BCUT2D eigenvalue weighted by Gasteiger charge is 2.40. The Morgan fingerprint density at radius 2 is 1.87 bits per heavy atom. The second-order valence-corrected chi connectivity index (χ2v) is 8.62. The number of rotatable bonds is 12. The molecule has 0 radical (unpaired) electrons. The molecule has 0 unspecified atom stereocenters. The summed E-state index contributed by atoms with van der Waals surface area (Å²) >= 11 is 0.